The molecule has 0 unspecified atom stereocenters. The number of aromatic nitrogens is 1. The Morgan fingerprint density at radius 2 is 1.68 bits per heavy atom. The van der Waals surface area contributed by atoms with Gasteiger partial charge >= 0.3 is 0 Å². The SMILES string of the molecule is COc1cccc(-c2csc(NC(=O)CSc3ccc(NC(=O)c4ccc(OC)c(OC)c4)cc3)n2)c1. The highest BCUT2D eigenvalue weighted by atomic mass is 32.2. The molecular formula is C27H25N3O5S2. The summed E-state index contributed by atoms with van der Waals surface area (Å²) in [6.45, 7) is 0. The molecule has 0 fully saturated rings. The summed E-state index contributed by atoms with van der Waals surface area (Å²) in [5, 5.41) is 8.13. The van der Waals surface area contributed by atoms with Crippen molar-refractivity contribution in [1.29, 1.82) is 0 Å². The van der Waals surface area contributed by atoms with Crippen molar-refractivity contribution in [2.75, 3.05) is 37.7 Å². The molecule has 0 saturated carbocycles. The predicted molar refractivity (Wildman–Crippen MR) is 147 cm³/mol. The van der Waals surface area contributed by atoms with Gasteiger partial charge in [0.1, 0.15) is 5.75 Å². The number of rotatable bonds is 10. The lowest BCUT2D eigenvalue weighted by Gasteiger charge is -2.10. The summed E-state index contributed by atoms with van der Waals surface area (Å²) < 4.78 is 15.7. The molecule has 0 atom stereocenters. The molecule has 1 heterocycles. The zero-order chi connectivity index (χ0) is 26.2. The van der Waals surface area contributed by atoms with Gasteiger partial charge in [-0.25, -0.2) is 4.98 Å². The summed E-state index contributed by atoms with van der Waals surface area (Å²) in [6, 6.07) is 19.9. The van der Waals surface area contributed by atoms with Crippen LogP contribution in [0.25, 0.3) is 11.3 Å². The molecule has 3 aromatic carbocycles. The van der Waals surface area contributed by atoms with Crippen molar-refractivity contribution < 1.29 is 23.8 Å². The van der Waals surface area contributed by atoms with Gasteiger partial charge in [-0.3, -0.25) is 9.59 Å². The largest absolute Gasteiger partial charge is 0.497 e. The number of nitrogens with zero attached hydrogens (tertiary/aromatic N) is 1. The number of hydrogen-bond donors (Lipinski definition) is 2. The number of thiazole rings is 1. The molecule has 1 aromatic heterocycles. The third-order valence-electron chi connectivity index (χ3n) is 5.24. The second-order valence-corrected chi connectivity index (χ2v) is 9.56. The van der Waals surface area contributed by atoms with Crippen LogP contribution in [0.3, 0.4) is 0 Å². The number of amides is 2. The quantitative estimate of drug-likeness (QED) is 0.247. The predicted octanol–water partition coefficient (Wildman–Crippen LogP) is 5.82. The normalized spacial score (nSPS) is 10.5. The molecule has 0 aliphatic rings. The van der Waals surface area contributed by atoms with Gasteiger partial charge in [-0.2, -0.15) is 0 Å². The number of anilines is 2. The maximum atomic E-state index is 12.6. The van der Waals surface area contributed by atoms with Gasteiger partial charge in [-0.05, 0) is 54.6 Å². The summed E-state index contributed by atoms with van der Waals surface area (Å²) in [5.41, 5.74) is 2.78. The topological polar surface area (TPSA) is 98.8 Å². The van der Waals surface area contributed by atoms with Crippen molar-refractivity contribution in [3.8, 4) is 28.5 Å². The number of benzene rings is 3. The fourth-order valence-electron chi connectivity index (χ4n) is 3.37. The third-order valence-corrected chi connectivity index (χ3v) is 7.01. The minimum atomic E-state index is -0.266. The van der Waals surface area contributed by atoms with E-state index in [1.165, 1.54) is 30.2 Å². The van der Waals surface area contributed by atoms with E-state index in [1.807, 2.05) is 41.8 Å². The van der Waals surface area contributed by atoms with Gasteiger partial charge in [-0.1, -0.05) is 12.1 Å². The maximum Gasteiger partial charge on any atom is 0.255 e. The number of thioether (sulfide) groups is 1. The lowest BCUT2D eigenvalue weighted by Crippen LogP contribution is -2.13. The summed E-state index contributed by atoms with van der Waals surface area (Å²) in [6.07, 6.45) is 0. The Hall–Kier alpha value is -4.02. The van der Waals surface area contributed by atoms with Crippen molar-refractivity contribution in [2.45, 2.75) is 4.90 Å². The van der Waals surface area contributed by atoms with Crippen LogP contribution in [0.1, 0.15) is 10.4 Å². The van der Waals surface area contributed by atoms with E-state index in [0.717, 1.165) is 21.9 Å². The number of hydrogen-bond acceptors (Lipinski definition) is 8. The number of carbonyl (C=O) groups excluding carboxylic acids is 2. The van der Waals surface area contributed by atoms with Crippen molar-refractivity contribution in [3.05, 3.63) is 77.7 Å². The summed E-state index contributed by atoms with van der Waals surface area (Å²) >= 11 is 2.76. The van der Waals surface area contributed by atoms with E-state index >= 15 is 0 Å². The molecular weight excluding hydrogens is 510 g/mol. The molecule has 4 rings (SSSR count). The van der Waals surface area contributed by atoms with E-state index in [4.69, 9.17) is 14.2 Å². The number of ether oxygens (including phenoxy) is 3. The van der Waals surface area contributed by atoms with Gasteiger partial charge < -0.3 is 24.8 Å². The van der Waals surface area contributed by atoms with Gasteiger partial charge in [0.15, 0.2) is 16.6 Å². The molecule has 0 aliphatic heterocycles. The third kappa shape index (κ3) is 6.81. The van der Waals surface area contributed by atoms with Crippen LogP contribution in [0.5, 0.6) is 17.2 Å². The first-order valence-corrected chi connectivity index (χ1v) is 13.0. The second kappa shape index (κ2) is 12.3. The molecule has 4 aromatic rings. The van der Waals surface area contributed by atoms with Crippen LogP contribution in [-0.2, 0) is 4.79 Å². The van der Waals surface area contributed by atoms with Crippen LogP contribution >= 0.6 is 23.1 Å². The van der Waals surface area contributed by atoms with E-state index in [1.54, 1.807) is 44.6 Å². The smallest absolute Gasteiger partial charge is 0.255 e. The molecule has 37 heavy (non-hydrogen) atoms. The van der Waals surface area contributed by atoms with Crippen LogP contribution < -0.4 is 24.8 Å². The Kier molecular flexibility index (Phi) is 8.65. The number of methoxy groups -OCH3 is 3. The first-order chi connectivity index (χ1) is 18.0. The van der Waals surface area contributed by atoms with Crippen molar-refractivity contribution >= 4 is 45.7 Å². The number of nitrogens with one attached hydrogen (secondary N) is 2. The lowest BCUT2D eigenvalue weighted by molar-refractivity contribution is -0.113. The molecule has 0 spiro atoms. The molecule has 2 N–H and O–H groups in total. The van der Waals surface area contributed by atoms with Crippen LogP contribution in [0.4, 0.5) is 10.8 Å². The monoisotopic (exact) mass is 535 g/mol. The van der Waals surface area contributed by atoms with E-state index in [0.29, 0.717) is 27.9 Å². The van der Waals surface area contributed by atoms with Gasteiger partial charge in [0, 0.05) is 27.1 Å². The Morgan fingerprint density at radius 3 is 2.41 bits per heavy atom. The average molecular weight is 536 g/mol. The van der Waals surface area contributed by atoms with Crippen LogP contribution in [0.15, 0.2) is 77.0 Å². The fourth-order valence-corrected chi connectivity index (χ4v) is 4.80. The summed E-state index contributed by atoms with van der Waals surface area (Å²) in [7, 11) is 4.68. The molecule has 10 heteroatoms. The van der Waals surface area contributed by atoms with Crippen molar-refractivity contribution in [3.63, 3.8) is 0 Å². The first-order valence-electron chi connectivity index (χ1n) is 11.1. The minimum Gasteiger partial charge on any atom is -0.497 e. The van der Waals surface area contributed by atoms with Crippen LogP contribution in [0.2, 0.25) is 0 Å². The zero-order valence-electron chi connectivity index (χ0n) is 20.4. The highest BCUT2D eigenvalue weighted by molar-refractivity contribution is 8.00. The Labute approximate surface area is 223 Å². The summed E-state index contributed by atoms with van der Waals surface area (Å²) in [4.78, 5) is 30.4. The Bertz CT molecular complexity index is 1390. The minimum absolute atomic E-state index is 0.151. The zero-order valence-corrected chi connectivity index (χ0v) is 22.1. The molecule has 190 valence electrons. The molecule has 0 saturated heterocycles. The van der Waals surface area contributed by atoms with Crippen LogP contribution in [-0.4, -0.2) is 43.9 Å². The highest BCUT2D eigenvalue weighted by Crippen LogP contribution is 2.29. The van der Waals surface area contributed by atoms with Gasteiger partial charge in [0.05, 0.1) is 32.8 Å². The van der Waals surface area contributed by atoms with Crippen molar-refractivity contribution in [2.24, 2.45) is 0 Å². The van der Waals surface area contributed by atoms with Gasteiger partial charge in [-0.15, -0.1) is 23.1 Å². The molecule has 0 radical (unpaired) electrons. The summed E-state index contributed by atoms with van der Waals surface area (Å²) in [5.74, 6) is 1.59. The lowest BCUT2D eigenvalue weighted by atomic mass is 10.2. The first kappa shape index (κ1) is 26.1. The highest BCUT2D eigenvalue weighted by Gasteiger charge is 2.12. The standard InChI is InChI=1S/C27H25N3O5S2/c1-33-20-6-4-5-17(13-20)22-15-37-27(29-22)30-25(31)16-36-21-10-8-19(9-11-21)28-26(32)18-7-12-23(34-2)24(14-18)35-3/h4-15H,16H2,1-3H3,(H,28,32)(H,29,30,31). The fraction of sp³-hybridized carbons (Fsp3) is 0.148. The van der Waals surface area contributed by atoms with E-state index in [9.17, 15) is 9.59 Å². The van der Waals surface area contributed by atoms with Crippen molar-refractivity contribution in [1.82, 2.24) is 4.98 Å². The molecule has 8 nitrogen and oxygen atoms in total. The molecule has 0 bridgehead atoms. The van der Waals surface area contributed by atoms with Crippen LogP contribution in [0, 0.1) is 0 Å². The maximum absolute atomic E-state index is 12.6. The van der Waals surface area contributed by atoms with E-state index in [2.05, 4.69) is 15.6 Å². The van der Waals surface area contributed by atoms with E-state index in [-0.39, 0.29) is 17.6 Å². The van der Waals surface area contributed by atoms with E-state index < -0.39 is 0 Å². The number of carbonyl (C=O) groups is 2. The molecule has 2 amide bonds. The van der Waals surface area contributed by atoms with Gasteiger partial charge in [0.2, 0.25) is 5.91 Å². The average Bonchev–Trinajstić information content (AvgIpc) is 3.40. The molecule has 0 aliphatic carbocycles. The Balaban J connectivity index is 1.28. The van der Waals surface area contributed by atoms with Gasteiger partial charge in [0.25, 0.3) is 5.91 Å². The Morgan fingerprint density at radius 1 is 0.892 bits per heavy atom. The second-order valence-electron chi connectivity index (χ2n) is 7.65.